The third-order valence-electron chi connectivity index (χ3n) is 2.02. The van der Waals surface area contributed by atoms with Gasteiger partial charge in [0, 0.05) is 0 Å². The molecule has 0 amide bonds. The Morgan fingerprint density at radius 1 is 1.53 bits per heavy atom. The monoisotopic (exact) mass is 205 g/mol. The average molecular weight is 205 g/mol. The molecule has 0 atom stereocenters. The van der Waals surface area contributed by atoms with Gasteiger partial charge in [-0.3, -0.25) is 0 Å². The van der Waals surface area contributed by atoms with Gasteiger partial charge in [0.2, 0.25) is 6.08 Å². The maximum Gasteiger partial charge on any atom is 0.338 e. The van der Waals surface area contributed by atoms with Gasteiger partial charge in [-0.15, -0.1) is 0 Å². The normalized spacial score (nSPS) is 9.20. The van der Waals surface area contributed by atoms with Crippen molar-refractivity contribution in [2.75, 3.05) is 7.11 Å². The van der Waals surface area contributed by atoms with Gasteiger partial charge in [-0.05, 0) is 24.1 Å². The molecule has 0 heterocycles. The van der Waals surface area contributed by atoms with Crippen LogP contribution in [0.15, 0.2) is 23.2 Å². The molecule has 15 heavy (non-hydrogen) atoms. The molecule has 4 nitrogen and oxygen atoms in total. The van der Waals surface area contributed by atoms with Crippen molar-refractivity contribution in [1.29, 1.82) is 0 Å². The highest BCUT2D eigenvalue weighted by atomic mass is 16.5. The van der Waals surface area contributed by atoms with Gasteiger partial charge in [-0.25, -0.2) is 14.6 Å². The molecule has 0 radical (unpaired) electrons. The Morgan fingerprint density at radius 2 is 2.27 bits per heavy atom. The van der Waals surface area contributed by atoms with Gasteiger partial charge in [0.1, 0.15) is 0 Å². The van der Waals surface area contributed by atoms with Crippen molar-refractivity contribution in [1.82, 2.24) is 0 Å². The quantitative estimate of drug-likeness (QED) is 0.428. The van der Waals surface area contributed by atoms with E-state index < -0.39 is 0 Å². The minimum atomic E-state index is -0.363. The molecular formula is C11H11NO3. The Hall–Kier alpha value is -1.93. The summed E-state index contributed by atoms with van der Waals surface area (Å²) in [5.41, 5.74) is 2.19. The van der Waals surface area contributed by atoms with Gasteiger partial charge in [-0.2, -0.15) is 0 Å². The van der Waals surface area contributed by atoms with Crippen LogP contribution in [-0.4, -0.2) is 19.2 Å². The Labute approximate surface area is 87.6 Å². The lowest BCUT2D eigenvalue weighted by Gasteiger charge is -2.04. The molecule has 0 aliphatic rings. The summed E-state index contributed by atoms with van der Waals surface area (Å²) in [4.78, 5) is 24.6. The third kappa shape index (κ3) is 2.76. The molecule has 0 N–H and O–H groups in total. The van der Waals surface area contributed by atoms with Crippen LogP contribution in [-0.2, 0) is 16.1 Å². The van der Waals surface area contributed by atoms with Crippen molar-refractivity contribution in [3.05, 3.63) is 34.9 Å². The largest absolute Gasteiger partial charge is 0.465 e. The Kier molecular flexibility index (Phi) is 3.77. The van der Waals surface area contributed by atoms with Crippen LogP contribution in [0.4, 0.5) is 0 Å². The number of carbonyl (C=O) groups excluding carboxylic acids is 2. The number of nitrogens with zero attached hydrogens (tertiary/aromatic N) is 1. The van der Waals surface area contributed by atoms with Crippen LogP contribution < -0.4 is 0 Å². The number of ether oxygens (including phenoxy) is 1. The van der Waals surface area contributed by atoms with Gasteiger partial charge in [0.15, 0.2) is 0 Å². The molecule has 1 rings (SSSR count). The topological polar surface area (TPSA) is 55.7 Å². The third-order valence-corrected chi connectivity index (χ3v) is 2.02. The number of rotatable bonds is 3. The molecule has 4 heteroatoms. The lowest BCUT2D eigenvalue weighted by molar-refractivity contribution is 0.0600. The second-order valence-corrected chi connectivity index (χ2v) is 3.05. The highest BCUT2D eigenvalue weighted by Crippen LogP contribution is 2.12. The fourth-order valence-electron chi connectivity index (χ4n) is 1.29. The van der Waals surface area contributed by atoms with E-state index in [0.29, 0.717) is 5.56 Å². The molecule has 0 saturated carbocycles. The van der Waals surface area contributed by atoms with E-state index in [0.717, 1.165) is 11.1 Å². The van der Waals surface area contributed by atoms with E-state index in [1.54, 1.807) is 25.1 Å². The number of isocyanates is 1. The molecular weight excluding hydrogens is 194 g/mol. The molecule has 0 saturated heterocycles. The molecule has 0 aliphatic carbocycles. The number of hydrogen-bond acceptors (Lipinski definition) is 4. The highest BCUT2D eigenvalue weighted by Gasteiger charge is 2.08. The number of aryl methyl sites for hydroxylation is 1. The van der Waals surface area contributed by atoms with Crippen LogP contribution in [0.25, 0.3) is 0 Å². The maximum atomic E-state index is 11.3. The van der Waals surface area contributed by atoms with E-state index in [9.17, 15) is 9.59 Å². The molecule has 1 aromatic carbocycles. The van der Waals surface area contributed by atoms with Gasteiger partial charge in [0.25, 0.3) is 0 Å². The molecule has 1 aromatic rings. The van der Waals surface area contributed by atoms with E-state index in [1.807, 2.05) is 0 Å². The lowest BCUT2D eigenvalue weighted by atomic mass is 10.1. The van der Waals surface area contributed by atoms with Crippen LogP contribution >= 0.6 is 0 Å². The van der Waals surface area contributed by atoms with Crippen LogP contribution in [0.1, 0.15) is 21.5 Å². The van der Waals surface area contributed by atoms with Crippen LogP contribution in [0.2, 0.25) is 0 Å². The zero-order valence-electron chi connectivity index (χ0n) is 8.61. The van der Waals surface area contributed by atoms with E-state index in [4.69, 9.17) is 0 Å². The first-order valence-corrected chi connectivity index (χ1v) is 4.40. The molecule has 78 valence electrons. The van der Waals surface area contributed by atoms with Gasteiger partial charge in [-0.1, -0.05) is 12.1 Å². The smallest absolute Gasteiger partial charge is 0.338 e. The fraction of sp³-hybridized carbons (Fsp3) is 0.273. The van der Waals surface area contributed by atoms with Crippen molar-refractivity contribution in [3.8, 4) is 0 Å². The summed E-state index contributed by atoms with van der Waals surface area (Å²) in [6, 6.07) is 5.20. The summed E-state index contributed by atoms with van der Waals surface area (Å²) < 4.78 is 4.61. The Morgan fingerprint density at radius 3 is 2.80 bits per heavy atom. The highest BCUT2D eigenvalue weighted by molar-refractivity contribution is 5.90. The van der Waals surface area contributed by atoms with E-state index >= 15 is 0 Å². The number of hydrogen-bond donors (Lipinski definition) is 0. The first-order valence-electron chi connectivity index (χ1n) is 4.40. The summed E-state index contributed by atoms with van der Waals surface area (Å²) in [5.74, 6) is -0.363. The average Bonchev–Trinajstić information content (AvgIpc) is 2.25. The van der Waals surface area contributed by atoms with Gasteiger partial charge in [0.05, 0.1) is 19.2 Å². The second kappa shape index (κ2) is 5.08. The van der Waals surface area contributed by atoms with E-state index in [1.165, 1.54) is 13.2 Å². The first-order chi connectivity index (χ1) is 7.19. The van der Waals surface area contributed by atoms with Gasteiger partial charge < -0.3 is 4.74 Å². The van der Waals surface area contributed by atoms with Crippen LogP contribution in [0, 0.1) is 6.92 Å². The van der Waals surface area contributed by atoms with Crippen molar-refractivity contribution in [3.63, 3.8) is 0 Å². The Bertz CT molecular complexity index is 420. The minimum Gasteiger partial charge on any atom is -0.465 e. The minimum absolute atomic E-state index is 0.284. The maximum absolute atomic E-state index is 11.3. The number of methoxy groups -OCH3 is 1. The van der Waals surface area contributed by atoms with Crippen molar-refractivity contribution in [2.45, 2.75) is 13.5 Å². The predicted octanol–water partition coefficient (Wildman–Crippen LogP) is 1.62. The summed E-state index contributed by atoms with van der Waals surface area (Å²) >= 11 is 0. The standard InChI is InChI=1S/C11H11NO3/c1-8-5-9(6-12-7-13)3-4-10(8)11(14)15-2/h3-5H,6H2,1-2H3. The summed E-state index contributed by atoms with van der Waals surface area (Å²) in [6.45, 7) is 2.09. The second-order valence-electron chi connectivity index (χ2n) is 3.05. The van der Waals surface area contributed by atoms with E-state index in [-0.39, 0.29) is 12.5 Å². The van der Waals surface area contributed by atoms with Crippen LogP contribution in [0.3, 0.4) is 0 Å². The summed E-state index contributed by atoms with van der Waals surface area (Å²) in [5, 5.41) is 0. The number of carbonyl (C=O) groups is 1. The van der Waals surface area contributed by atoms with Gasteiger partial charge >= 0.3 is 5.97 Å². The SMILES string of the molecule is COC(=O)c1ccc(CN=C=O)cc1C. The molecule has 0 spiro atoms. The zero-order valence-corrected chi connectivity index (χ0v) is 8.61. The summed E-state index contributed by atoms with van der Waals surface area (Å²) in [6.07, 6.45) is 1.47. The number of esters is 1. The number of benzene rings is 1. The molecule has 0 aliphatic heterocycles. The Balaban J connectivity index is 2.97. The van der Waals surface area contributed by atoms with Crippen LogP contribution in [0.5, 0.6) is 0 Å². The molecule has 0 fully saturated rings. The van der Waals surface area contributed by atoms with Crippen molar-refractivity contribution < 1.29 is 14.3 Å². The molecule has 0 unspecified atom stereocenters. The zero-order chi connectivity index (χ0) is 11.3. The van der Waals surface area contributed by atoms with E-state index in [2.05, 4.69) is 9.73 Å². The molecule has 0 bridgehead atoms. The van der Waals surface area contributed by atoms with Crippen molar-refractivity contribution >= 4 is 12.0 Å². The van der Waals surface area contributed by atoms with Crippen molar-refractivity contribution in [2.24, 2.45) is 4.99 Å². The molecule has 0 aromatic heterocycles. The lowest BCUT2D eigenvalue weighted by Crippen LogP contribution is -2.03. The predicted molar refractivity (Wildman–Crippen MR) is 54.3 cm³/mol. The summed E-state index contributed by atoms with van der Waals surface area (Å²) in [7, 11) is 1.34. The fourth-order valence-corrected chi connectivity index (χ4v) is 1.29. The number of aliphatic imine (C=N–C) groups is 1. The first kappa shape index (κ1) is 11.1.